The maximum absolute atomic E-state index is 6.44. The highest BCUT2D eigenvalue weighted by molar-refractivity contribution is 5.82. The standard InChI is InChI=1S/C22H33NO4/c1-6-7-12-25-19-13-16(2)22(17(3)14-19)27-21-11-9-8-10-20(21)26-15-18(4)23-24-5/h6-7,13-14,20-21H,8-12,15H2,1-5H3/b7-6+,23-18-. The van der Waals surface area contributed by atoms with Gasteiger partial charge >= 0.3 is 0 Å². The van der Waals surface area contributed by atoms with Crippen molar-refractivity contribution in [2.45, 2.75) is 65.6 Å². The highest BCUT2D eigenvalue weighted by atomic mass is 16.6. The predicted molar refractivity (Wildman–Crippen MR) is 109 cm³/mol. The van der Waals surface area contributed by atoms with Gasteiger partial charge in [0.15, 0.2) is 0 Å². The molecular formula is C22H33NO4. The molecule has 2 rings (SSSR count). The Bertz CT molecular complexity index is 631. The Morgan fingerprint density at radius 2 is 1.81 bits per heavy atom. The highest BCUT2D eigenvalue weighted by Crippen LogP contribution is 2.33. The van der Waals surface area contributed by atoms with Gasteiger partial charge in [-0.05, 0) is 70.2 Å². The van der Waals surface area contributed by atoms with E-state index in [0.29, 0.717) is 13.2 Å². The second-order valence-electron chi connectivity index (χ2n) is 7.07. The van der Waals surface area contributed by atoms with Crippen LogP contribution in [0.4, 0.5) is 0 Å². The van der Waals surface area contributed by atoms with Crippen LogP contribution in [0.2, 0.25) is 0 Å². The van der Waals surface area contributed by atoms with E-state index in [2.05, 4.69) is 19.0 Å². The molecule has 1 saturated carbocycles. The molecule has 2 atom stereocenters. The summed E-state index contributed by atoms with van der Waals surface area (Å²) in [6.45, 7) is 9.08. The summed E-state index contributed by atoms with van der Waals surface area (Å²) in [5, 5.41) is 3.92. The van der Waals surface area contributed by atoms with Crippen LogP contribution in [0.25, 0.3) is 0 Å². The largest absolute Gasteiger partial charge is 0.490 e. The first kappa shape index (κ1) is 21.3. The zero-order valence-electron chi connectivity index (χ0n) is 17.3. The lowest BCUT2D eigenvalue weighted by Crippen LogP contribution is -2.38. The number of ether oxygens (including phenoxy) is 3. The van der Waals surface area contributed by atoms with Crippen molar-refractivity contribution in [2.24, 2.45) is 5.16 Å². The summed E-state index contributed by atoms with van der Waals surface area (Å²) >= 11 is 0. The number of hydrogen-bond acceptors (Lipinski definition) is 5. The van der Waals surface area contributed by atoms with Crippen molar-refractivity contribution in [3.63, 3.8) is 0 Å². The molecule has 0 heterocycles. The third kappa shape index (κ3) is 6.58. The maximum Gasteiger partial charge on any atom is 0.125 e. The van der Waals surface area contributed by atoms with Gasteiger partial charge in [-0.2, -0.15) is 0 Å². The predicted octanol–water partition coefficient (Wildman–Crippen LogP) is 4.99. The van der Waals surface area contributed by atoms with Crippen LogP contribution in [-0.4, -0.2) is 38.2 Å². The van der Waals surface area contributed by atoms with Crippen molar-refractivity contribution in [3.05, 3.63) is 35.4 Å². The van der Waals surface area contributed by atoms with Crippen LogP contribution >= 0.6 is 0 Å². The lowest BCUT2D eigenvalue weighted by molar-refractivity contribution is -0.0344. The van der Waals surface area contributed by atoms with Crippen molar-refractivity contribution < 1.29 is 19.0 Å². The van der Waals surface area contributed by atoms with Crippen molar-refractivity contribution in [2.75, 3.05) is 20.3 Å². The minimum Gasteiger partial charge on any atom is -0.490 e. The minimum atomic E-state index is 0.0567. The van der Waals surface area contributed by atoms with E-state index in [1.807, 2.05) is 38.1 Å². The maximum atomic E-state index is 6.44. The molecule has 150 valence electrons. The van der Waals surface area contributed by atoms with E-state index < -0.39 is 0 Å². The Balaban J connectivity index is 2.05. The molecular weight excluding hydrogens is 342 g/mol. The first-order chi connectivity index (χ1) is 13.0. The Morgan fingerprint density at radius 1 is 1.15 bits per heavy atom. The second-order valence-corrected chi connectivity index (χ2v) is 7.07. The Labute approximate surface area is 163 Å². The average molecular weight is 376 g/mol. The summed E-state index contributed by atoms with van der Waals surface area (Å²) in [4.78, 5) is 4.80. The molecule has 1 fully saturated rings. The van der Waals surface area contributed by atoms with Crippen LogP contribution in [0.15, 0.2) is 29.4 Å². The van der Waals surface area contributed by atoms with E-state index in [1.165, 1.54) is 6.42 Å². The fourth-order valence-electron chi connectivity index (χ4n) is 3.37. The van der Waals surface area contributed by atoms with Gasteiger partial charge in [0, 0.05) is 0 Å². The van der Waals surface area contributed by atoms with E-state index in [0.717, 1.165) is 47.6 Å². The number of benzene rings is 1. The van der Waals surface area contributed by atoms with Crippen molar-refractivity contribution >= 4 is 5.71 Å². The summed E-state index contributed by atoms with van der Waals surface area (Å²) in [6, 6.07) is 4.08. The van der Waals surface area contributed by atoms with Crippen molar-refractivity contribution in [1.29, 1.82) is 0 Å². The van der Waals surface area contributed by atoms with Gasteiger partial charge < -0.3 is 19.0 Å². The topological polar surface area (TPSA) is 49.3 Å². The summed E-state index contributed by atoms with van der Waals surface area (Å²) in [6.07, 6.45) is 8.45. The molecule has 0 radical (unpaired) electrons. The van der Waals surface area contributed by atoms with Gasteiger partial charge in [0.1, 0.15) is 31.3 Å². The third-order valence-corrected chi connectivity index (χ3v) is 4.68. The molecule has 1 aromatic carbocycles. The molecule has 0 bridgehead atoms. The summed E-state index contributed by atoms with van der Waals surface area (Å²) in [5.41, 5.74) is 3.01. The normalized spacial score (nSPS) is 20.7. The van der Waals surface area contributed by atoms with Gasteiger partial charge in [-0.25, -0.2) is 0 Å². The second kappa shape index (κ2) is 11.0. The molecule has 0 amide bonds. The molecule has 5 nitrogen and oxygen atoms in total. The smallest absolute Gasteiger partial charge is 0.125 e. The fourth-order valence-corrected chi connectivity index (χ4v) is 3.37. The number of oxime groups is 1. The summed E-state index contributed by atoms with van der Waals surface area (Å²) in [7, 11) is 1.55. The molecule has 0 aromatic heterocycles. The molecule has 1 aliphatic carbocycles. The quantitative estimate of drug-likeness (QED) is 0.347. The van der Waals surface area contributed by atoms with Gasteiger partial charge in [-0.3, -0.25) is 0 Å². The number of nitrogens with zero attached hydrogens (tertiary/aromatic N) is 1. The monoisotopic (exact) mass is 375 g/mol. The van der Waals surface area contributed by atoms with Crippen LogP contribution in [0, 0.1) is 13.8 Å². The Kier molecular flexibility index (Phi) is 8.65. The van der Waals surface area contributed by atoms with Crippen molar-refractivity contribution in [1.82, 2.24) is 0 Å². The molecule has 0 saturated heterocycles. The number of allylic oxidation sites excluding steroid dienone is 1. The van der Waals surface area contributed by atoms with Gasteiger partial charge in [-0.15, -0.1) is 0 Å². The van der Waals surface area contributed by atoms with Crippen LogP contribution < -0.4 is 9.47 Å². The van der Waals surface area contributed by atoms with Gasteiger partial charge in [-0.1, -0.05) is 23.7 Å². The highest BCUT2D eigenvalue weighted by Gasteiger charge is 2.28. The van der Waals surface area contributed by atoms with Gasteiger partial charge in [0.25, 0.3) is 0 Å². The Morgan fingerprint density at radius 3 is 2.44 bits per heavy atom. The molecule has 1 aliphatic rings. The first-order valence-electron chi connectivity index (χ1n) is 9.75. The van der Waals surface area contributed by atoms with Crippen LogP contribution in [0.5, 0.6) is 11.5 Å². The lowest BCUT2D eigenvalue weighted by atomic mass is 9.94. The summed E-state index contributed by atoms with van der Waals surface area (Å²) in [5.74, 6) is 1.81. The number of hydrogen-bond donors (Lipinski definition) is 0. The van der Waals surface area contributed by atoms with Gasteiger partial charge in [0.2, 0.25) is 0 Å². The zero-order chi connectivity index (χ0) is 19.6. The van der Waals surface area contributed by atoms with Gasteiger partial charge in [0.05, 0.1) is 18.4 Å². The van der Waals surface area contributed by atoms with E-state index in [4.69, 9.17) is 19.0 Å². The molecule has 1 aromatic rings. The molecule has 27 heavy (non-hydrogen) atoms. The third-order valence-electron chi connectivity index (χ3n) is 4.68. The fraction of sp³-hybridized carbons (Fsp3) is 0.591. The molecule has 0 N–H and O–H groups in total. The number of aryl methyl sites for hydroxylation is 2. The minimum absolute atomic E-state index is 0.0567. The van der Waals surface area contributed by atoms with E-state index in [9.17, 15) is 0 Å². The van der Waals surface area contributed by atoms with Crippen LogP contribution in [0.3, 0.4) is 0 Å². The van der Waals surface area contributed by atoms with Crippen LogP contribution in [0.1, 0.15) is 50.7 Å². The molecule has 0 aliphatic heterocycles. The molecule has 0 spiro atoms. The van der Waals surface area contributed by atoms with E-state index in [1.54, 1.807) is 7.11 Å². The zero-order valence-corrected chi connectivity index (χ0v) is 17.3. The van der Waals surface area contributed by atoms with E-state index >= 15 is 0 Å². The number of rotatable bonds is 9. The Hall–Kier alpha value is -2.01. The lowest BCUT2D eigenvalue weighted by Gasteiger charge is -2.32. The molecule has 5 heteroatoms. The van der Waals surface area contributed by atoms with Crippen LogP contribution in [-0.2, 0) is 9.57 Å². The molecule has 2 unspecified atom stereocenters. The summed E-state index contributed by atoms with van der Waals surface area (Å²) < 4.78 is 18.3. The SMILES string of the molecule is C/C=C/COc1cc(C)c(OC2CCCCC2OC/C(C)=N\OC)c(C)c1. The van der Waals surface area contributed by atoms with E-state index in [-0.39, 0.29) is 12.2 Å². The average Bonchev–Trinajstić information content (AvgIpc) is 2.64. The first-order valence-corrected chi connectivity index (χ1v) is 9.75. The van der Waals surface area contributed by atoms with Crippen molar-refractivity contribution in [3.8, 4) is 11.5 Å².